The molecular formula is C52H98N2O7. The SMILES string of the molecule is CCCCCCCC/C=C\CCCCCCCCCCCC(=O)OC(CCCCCCCCCCCCCCCC)CCCCCCCC(=O)NCC(=O)NC(CO)C(=O)O. The van der Waals surface area contributed by atoms with Crippen molar-refractivity contribution in [1.82, 2.24) is 10.6 Å². The Morgan fingerprint density at radius 2 is 0.836 bits per heavy atom. The lowest BCUT2D eigenvalue weighted by atomic mass is 10.0. The summed E-state index contributed by atoms with van der Waals surface area (Å²) in [4.78, 5) is 47.8. The highest BCUT2D eigenvalue weighted by Crippen LogP contribution is 2.20. The normalized spacial score (nSPS) is 12.4. The van der Waals surface area contributed by atoms with E-state index in [1.807, 2.05) is 0 Å². The summed E-state index contributed by atoms with van der Waals surface area (Å²) < 4.78 is 6.07. The summed E-state index contributed by atoms with van der Waals surface area (Å²) in [6.45, 7) is 3.52. The second kappa shape index (κ2) is 47.1. The summed E-state index contributed by atoms with van der Waals surface area (Å²) in [5.74, 6) is -2.27. The Labute approximate surface area is 375 Å². The number of hydrogen-bond donors (Lipinski definition) is 4. The van der Waals surface area contributed by atoms with Crippen molar-refractivity contribution in [3.8, 4) is 0 Å². The van der Waals surface area contributed by atoms with Crippen molar-refractivity contribution in [1.29, 1.82) is 0 Å². The van der Waals surface area contributed by atoms with Gasteiger partial charge >= 0.3 is 11.9 Å². The Morgan fingerprint density at radius 1 is 0.475 bits per heavy atom. The van der Waals surface area contributed by atoms with Crippen LogP contribution in [0.2, 0.25) is 0 Å². The number of carbonyl (C=O) groups is 4. The second-order valence-corrected chi connectivity index (χ2v) is 18.0. The van der Waals surface area contributed by atoms with Gasteiger partial charge in [0.15, 0.2) is 0 Å². The van der Waals surface area contributed by atoms with E-state index >= 15 is 0 Å². The van der Waals surface area contributed by atoms with Crippen molar-refractivity contribution in [3.63, 3.8) is 0 Å². The first kappa shape index (κ1) is 58.6. The average molecular weight is 863 g/mol. The van der Waals surface area contributed by atoms with Crippen molar-refractivity contribution in [2.75, 3.05) is 13.2 Å². The van der Waals surface area contributed by atoms with Crippen molar-refractivity contribution in [2.24, 2.45) is 0 Å². The average Bonchev–Trinajstić information content (AvgIpc) is 3.25. The largest absolute Gasteiger partial charge is 0.480 e. The van der Waals surface area contributed by atoms with Gasteiger partial charge in [-0.3, -0.25) is 14.4 Å². The lowest BCUT2D eigenvalue weighted by Crippen LogP contribution is -2.47. The molecule has 358 valence electrons. The van der Waals surface area contributed by atoms with Crippen LogP contribution in [0, 0.1) is 0 Å². The molecule has 61 heavy (non-hydrogen) atoms. The van der Waals surface area contributed by atoms with Gasteiger partial charge in [-0.15, -0.1) is 0 Å². The van der Waals surface area contributed by atoms with Gasteiger partial charge in [0, 0.05) is 12.8 Å². The van der Waals surface area contributed by atoms with Crippen LogP contribution >= 0.6 is 0 Å². The molecule has 0 aromatic heterocycles. The van der Waals surface area contributed by atoms with Gasteiger partial charge in [0.25, 0.3) is 0 Å². The number of carboxylic acid groups (broad SMARTS) is 1. The Hall–Kier alpha value is -2.42. The Morgan fingerprint density at radius 3 is 1.23 bits per heavy atom. The molecule has 9 nitrogen and oxygen atoms in total. The van der Waals surface area contributed by atoms with Crippen LogP contribution in [0.3, 0.4) is 0 Å². The van der Waals surface area contributed by atoms with Crippen molar-refractivity contribution < 1.29 is 34.1 Å². The van der Waals surface area contributed by atoms with Crippen LogP contribution in [0.4, 0.5) is 0 Å². The minimum absolute atomic E-state index is 0.0101. The lowest BCUT2D eigenvalue weighted by molar-refractivity contribution is -0.150. The number of ether oxygens (including phenoxy) is 1. The molecule has 2 amide bonds. The maximum absolute atomic E-state index is 12.9. The molecule has 0 saturated carbocycles. The first-order valence-electron chi connectivity index (χ1n) is 26.1. The fourth-order valence-corrected chi connectivity index (χ4v) is 8.01. The zero-order chi connectivity index (χ0) is 44.7. The van der Waals surface area contributed by atoms with Crippen LogP contribution in [0.15, 0.2) is 12.2 Å². The molecule has 0 bridgehead atoms. The maximum Gasteiger partial charge on any atom is 0.328 e. The van der Waals surface area contributed by atoms with Crippen molar-refractivity contribution in [2.45, 2.75) is 283 Å². The van der Waals surface area contributed by atoms with Crippen LogP contribution in [-0.2, 0) is 23.9 Å². The molecule has 2 atom stereocenters. The third-order valence-corrected chi connectivity index (χ3v) is 12.0. The smallest absolute Gasteiger partial charge is 0.328 e. The highest BCUT2D eigenvalue weighted by Gasteiger charge is 2.19. The Bertz CT molecular complexity index is 1040. The molecule has 0 aromatic rings. The van der Waals surface area contributed by atoms with Gasteiger partial charge in [-0.2, -0.15) is 0 Å². The van der Waals surface area contributed by atoms with E-state index in [9.17, 15) is 19.2 Å². The molecule has 0 fully saturated rings. The van der Waals surface area contributed by atoms with E-state index in [2.05, 4.69) is 36.6 Å². The molecule has 0 aliphatic heterocycles. The summed E-state index contributed by atoms with van der Waals surface area (Å²) in [5.41, 5.74) is 0. The van der Waals surface area contributed by atoms with Crippen LogP contribution in [-0.4, -0.2) is 59.3 Å². The molecule has 0 heterocycles. The molecule has 0 saturated heterocycles. The molecule has 0 aromatic carbocycles. The number of carbonyl (C=O) groups excluding carboxylic acids is 3. The highest BCUT2D eigenvalue weighted by molar-refractivity contribution is 5.87. The van der Waals surface area contributed by atoms with Gasteiger partial charge in [-0.1, -0.05) is 206 Å². The van der Waals surface area contributed by atoms with E-state index in [1.54, 1.807) is 0 Å². The van der Waals surface area contributed by atoms with Crippen LogP contribution in [0.1, 0.15) is 271 Å². The van der Waals surface area contributed by atoms with E-state index in [0.29, 0.717) is 19.3 Å². The zero-order valence-electron chi connectivity index (χ0n) is 39.9. The third-order valence-electron chi connectivity index (χ3n) is 12.0. The predicted octanol–water partition coefficient (Wildman–Crippen LogP) is 13.8. The number of hydrogen-bond acceptors (Lipinski definition) is 6. The summed E-state index contributed by atoms with van der Waals surface area (Å²) in [6, 6.07) is -1.38. The topological polar surface area (TPSA) is 142 Å². The number of allylic oxidation sites excluding steroid dienone is 2. The molecule has 9 heteroatoms. The van der Waals surface area contributed by atoms with E-state index in [4.69, 9.17) is 14.9 Å². The molecule has 0 spiro atoms. The molecular weight excluding hydrogens is 765 g/mol. The molecule has 0 aliphatic carbocycles. The standard InChI is InChI=1S/C52H98N2O7/c1-3-5-7-9-11-13-15-17-19-20-21-22-23-25-27-29-31-36-40-44-51(58)61-47(41-37-33-30-28-26-24-18-16-14-12-10-8-6-4-2)42-38-34-32-35-39-43-49(56)53-45-50(57)54-48(46-55)52(59)60/h17,19,47-48,55H,3-16,18,20-46H2,1-2H3,(H,53,56)(H,54,57)(H,59,60)/b19-17-. The minimum atomic E-state index is -1.38. The molecule has 2 unspecified atom stereocenters. The number of esters is 1. The van der Waals surface area contributed by atoms with Crippen LogP contribution in [0.25, 0.3) is 0 Å². The molecule has 0 radical (unpaired) electrons. The summed E-state index contributed by atoms with van der Waals surface area (Å²) >= 11 is 0. The number of aliphatic hydroxyl groups is 1. The van der Waals surface area contributed by atoms with E-state index < -0.39 is 24.5 Å². The van der Waals surface area contributed by atoms with E-state index in [0.717, 1.165) is 57.8 Å². The molecule has 0 rings (SSSR count). The molecule has 0 aliphatic rings. The number of unbranched alkanes of at least 4 members (excludes halogenated alkanes) is 32. The number of amides is 2. The second-order valence-electron chi connectivity index (χ2n) is 18.0. The van der Waals surface area contributed by atoms with Gasteiger partial charge < -0.3 is 25.6 Å². The summed E-state index contributed by atoms with van der Waals surface area (Å²) in [5, 5.41) is 22.6. The number of aliphatic hydroxyl groups excluding tert-OH is 1. The van der Waals surface area contributed by atoms with Gasteiger partial charge in [-0.25, -0.2) is 4.79 Å². The Balaban J connectivity index is 4.25. The highest BCUT2D eigenvalue weighted by atomic mass is 16.5. The van der Waals surface area contributed by atoms with E-state index in [-0.39, 0.29) is 24.5 Å². The first-order valence-corrected chi connectivity index (χ1v) is 26.1. The van der Waals surface area contributed by atoms with E-state index in [1.165, 1.54) is 180 Å². The predicted molar refractivity (Wildman–Crippen MR) is 255 cm³/mol. The van der Waals surface area contributed by atoms with Gasteiger partial charge in [0.1, 0.15) is 12.1 Å². The Kier molecular flexibility index (Phi) is 45.2. The quantitative estimate of drug-likeness (QED) is 0.0271. The maximum atomic E-state index is 12.9. The van der Waals surface area contributed by atoms with Crippen LogP contribution in [0.5, 0.6) is 0 Å². The monoisotopic (exact) mass is 863 g/mol. The van der Waals surface area contributed by atoms with Gasteiger partial charge in [0.05, 0.1) is 13.2 Å². The van der Waals surface area contributed by atoms with Crippen LogP contribution < -0.4 is 10.6 Å². The van der Waals surface area contributed by atoms with Gasteiger partial charge in [-0.05, 0) is 64.2 Å². The van der Waals surface area contributed by atoms with Crippen molar-refractivity contribution in [3.05, 3.63) is 12.2 Å². The number of rotatable bonds is 48. The first-order chi connectivity index (χ1) is 29.8. The fraction of sp³-hybridized carbons (Fsp3) is 0.885. The molecule has 4 N–H and O–H groups in total. The summed E-state index contributed by atoms with van der Waals surface area (Å²) in [7, 11) is 0. The van der Waals surface area contributed by atoms with Gasteiger partial charge in [0.2, 0.25) is 11.8 Å². The fourth-order valence-electron chi connectivity index (χ4n) is 8.01. The minimum Gasteiger partial charge on any atom is -0.480 e. The van der Waals surface area contributed by atoms with Crippen molar-refractivity contribution >= 4 is 23.8 Å². The number of aliphatic carboxylic acids is 1. The summed E-state index contributed by atoms with van der Waals surface area (Å²) in [6.07, 6.45) is 52.5. The third kappa shape index (κ3) is 44.0. The zero-order valence-corrected chi connectivity index (χ0v) is 39.9. The lowest BCUT2D eigenvalue weighted by Gasteiger charge is -2.18. The number of carboxylic acids is 1. The number of nitrogens with one attached hydrogen (secondary N) is 2.